The molecule has 0 unspecified atom stereocenters. The van der Waals surface area contributed by atoms with Crippen LogP contribution in [0.2, 0.25) is 0 Å². The second-order valence-electron chi connectivity index (χ2n) is 6.56. The van der Waals surface area contributed by atoms with Crippen LogP contribution >= 0.6 is 11.3 Å². The lowest BCUT2D eigenvalue weighted by molar-refractivity contribution is -0.143. The van der Waals surface area contributed by atoms with E-state index < -0.39 is 0 Å². The summed E-state index contributed by atoms with van der Waals surface area (Å²) in [5, 5.41) is 7.83. The van der Waals surface area contributed by atoms with Gasteiger partial charge in [-0.25, -0.2) is 0 Å². The second kappa shape index (κ2) is 10.6. The molecule has 1 aromatic heterocycles. The Bertz CT molecular complexity index is 812. The highest BCUT2D eigenvalue weighted by atomic mass is 32.1. The summed E-state index contributed by atoms with van der Waals surface area (Å²) in [7, 11) is 0. The molecular weight excluding hydrogens is 376 g/mol. The highest BCUT2D eigenvalue weighted by Gasteiger charge is 2.16. The van der Waals surface area contributed by atoms with Crippen molar-refractivity contribution in [3.8, 4) is 0 Å². The summed E-state index contributed by atoms with van der Waals surface area (Å²) in [5.41, 5.74) is 2.11. The average Bonchev–Trinajstić information content (AvgIpc) is 3.13. The largest absolute Gasteiger partial charge is 0.466 e. The van der Waals surface area contributed by atoms with Crippen LogP contribution in [0, 0.1) is 0 Å². The van der Waals surface area contributed by atoms with Gasteiger partial charge in [-0.15, -0.1) is 11.3 Å². The predicted molar refractivity (Wildman–Crippen MR) is 111 cm³/mol. The van der Waals surface area contributed by atoms with Gasteiger partial charge in [0.25, 0.3) is 11.8 Å². The topological polar surface area (TPSA) is 84.5 Å². The summed E-state index contributed by atoms with van der Waals surface area (Å²) in [6.45, 7) is 6.66. The van der Waals surface area contributed by atoms with Crippen LogP contribution < -0.4 is 10.6 Å². The molecule has 2 rings (SSSR count). The number of nitrogens with one attached hydrogen (secondary N) is 2. The Morgan fingerprint density at radius 2 is 1.79 bits per heavy atom. The maximum atomic E-state index is 12.5. The van der Waals surface area contributed by atoms with E-state index in [1.54, 1.807) is 30.5 Å². The van der Waals surface area contributed by atoms with E-state index in [0.717, 1.165) is 5.56 Å². The van der Waals surface area contributed by atoms with Crippen LogP contribution in [0.3, 0.4) is 0 Å². The Kier molecular flexibility index (Phi) is 8.19. The molecule has 2 N–H and O–H groups in total. The van der Waals surface area contributed by atoms with Gasteiger partial charge in [0.05, 0.1) is 12.2 Å². The van der Waals surface area contributed by atoms with Crippen LogP contribution in [0.15, 0.2) is 35.7 Å². The van der Waals surface area contributed by atoms with Gasteiger partial charge in [0.2, 0.25) is 0 Å². The molecule has 0 saturated heterocycles. The SMILES string of the molecule is CCOC(=O)CCCNC(=O)c1ccsc1NC(=O)c1ccc(C(C)C)cc1. The molecule has 150 valence electrons. The van der Waals surface area contributed by atoms with Gasteiger partial charge in [0, 0.05) is 18.5 Å². The van der Waals surface area contributed by atoms with Gasteiger partial charge in [-0.1, -0.05) is 26.0 Å². The maximum Gasteiger partial charge on any atom is 0.305 e. The first-order chi connectivity index (χ1) is 13.4. The number of carbonyl (C=O) groups is 3. The summed E-state index contributed by atoms with van der Waals surface area (Å²) in [4.78, 5) is 36.1. The van der Waals surface area contributed by atoms with E-state index in [0.29, 0.717) is 41.6 Å². The number of esters is 1. The van der Waals surface area contributed by atoms with Gasteiger partial charge in [0.15, 0.2) is 0 Å². The smallest absolute Gasteiger partial charge is 0.305 e. The van der Waals surface area contributed by atoms with Crippen molar-refractivity contribution in [2.45, 2.75) is 39.5 Å². The predicted octanol–water partition coefficient (Wildman–Crippen LogP) is 4.20. The molecule has 7 heteroatoms. The number of amides is 2. The summed E-state index contributed by atoms with van der Waals surface area (Å²) in [6, 6.07) is 9.11. The molecule has 0 radical (unpaired) electrons. The second-order valence-corrected chi connectivity index (χ2v) is 7.47. The third kappa shape index (κ3) is 6.20. The van der Waals surface area contributed by atoms with Gasteiger partial charge < -0.3 is 15.4 Å². The molecular formula is C21H26N2O4S. The third-order valence-electron chi connectivity index (χ3n) is 4.13. The summed E-state index contributed by atoms with van der Waals surface area (Å²) < 4.78 is 4.85. The van der Waals surface area contributed by atoms with E-state index in [1.807, 2.05) is 12.1 Å². The van der Waals surface area contributed by atoms with Crippen molar-refractivity contribution >= 4 is 34.1 Å². The van der Waals surface area contributed by atoms with Crippen LogP contribution in [0.25, 0.3) is 0 Å². The highest BCUT2D eigenvalue weighted by Crippen LogP contribution is 2.24. The Labute approximate surface area is 169 Å². The van der Waals surface area contributed by atoms with Gasteiger partial charge in [-0.2, -0.15) is 0 Å². The minimum absolute atomic E-state index is 0.255. The minimum Gasteiger partial charge on any atom is -0.466 e. The number of ether oxygens (including phenoxy) is 1. The van der Waals surface area contributed by atoms with Gasteiger partial charge in [-0.3, -0.25) is 14.4 Å². The lowest BCUT2D eigenvalue weighted by atomic mass is 10.0. The molecule has 0 aliphatic carbocycles. The van der Waals surface area contributed by atoms with Crippen molar-refractivity contribution in [1.82, 2.24) is 5.32 Å². The molecule has 0 spiro atoms. The quantitative estimate of drug-likeness (QED) is 0.486. The number of benzene rings is 1. The molecule has 2 amide bonds. The molecule has 28 heavy (non-hydrogen) atoms. The Morgan fingerprint density at radius 3 is 2.43 bits per heavy atom. The molecule has 0 saturated carbocycles. The molecule has 0 fully saturated rings. The molecule has 0 atom stereocenters. The van der Waals surface area contributed by atoms with E-state index in [9.17, 15) is 14.4 Å². The van der Waals surface area contributed by atoms with Crippen LogP contribution in [0.5, 0.6) is 0 Å². The molecule has 1 aromatic carbocycles. The number of carbonyl (C=O) groups excluding carboxylic acids is 3. The lowest BCUT2D eigenvalue weighted by Gasteiger charge is -2.09. The maximum absolute atomic E-state index is 12.5. The summed E-state index contributed by atoms with van der Waals surface area (Å²) in [5.74, 6) is -0.415. The van der Waals surface area contributed by atoms with Crippen molar-refractivity contribution in [3.05, 3.63) is 52.4 Å². The van der Waals surface area contributed by atoms with E-state index in [-0.39, 0.29) is 24.2 Å². The lowest BCUT2D eigenvalue weighted by Crippen LogP contribution is -2.26. The molecule has 0 aliphatic heterocycles. The zero-order valence-corrected chi connectivity index (χ0v) is 17.2. The summed E-state index contributed by atoms with van der Waals surface area (Å²) >= 11 is 1.29. The standard InChI is InChI=1S/C21H26N2O4S/c1-4-27-18(24)6-5-12-22-20(26)17-11-13-28-21(17)23-19(25)16-9-7-15(8-10-16)14(2)3/h7-11,13-14H,4-6,12H2,1-3H3,(H,22,26)(H,23,25). The zero-order chi connectivity index (χ0) is 20.5. The average molecular weight is 403 g/mol. The van der Waals surface area contributed by atoms with Crippen LogP contribution in [-0.2, 0) is 9.53 Å². The number of anilines is 1. The fourth-order valence-corrected chi connectivity index (χ4v) is 3.32. The molecule has 6 nitrogen and oxygen atoms in total. The van der Waals surface area contributed by atoms with Gasteiger partial charge >= 0.3 is 5.97 Å². The minimum atomic E-state index is -0.282. The van der Waals surface area contributed by atoms with Gasteiger partial charge in [-0.05, 0) is 48.4 Å². The molecule has 0 bridgehead atoms. The molecule has 0 aliphatic rings. The van der Waals surface area contributed by atoms with Crippen molar-refractivity contribution in [2.24, 2.45) is 0 Å². The van der Waals surface area contributed by atoms with Crippen molar-refractivity contribution in [3.63, 3.8) is 0 Å². The summed E-state index contributed by atoms with van der Waals surface area (Å²) in [6.07, 6.45) is 0.756. The Hall–Kier alpha value is -2.67. The fraction of sp³-hybridized carbons (Fsp3) is 0.381. The normalized spacial score (nSPS) is 10.6. The van der Waals surface area contributed by atoms with E-state index in [2.05, 4.69) is 24.5 Å². The zero-order valence-electron chi connectivity index (χ0n) is 16.4. The number of hydrogen-bond acceptors (Lipinski definition) is 5. The number of rotatable bonds is 9. The highest BCUT2D eigenvalue weighted by molar-refractivity contribution is 7.14. The molecule has 2 aromatic rings. The van der Waals surface area contributed by atoms with Crippen LogP contribution in [0.4, 0.5) is 5.00 Å². The first-order valence-electron chi connectivity index (χ1n) is 9.35. The van der Waals surface area contributed by atoms with E-state index in [4.69, 9.17) is 4.74 Å². The van der Waals surface area contributed by atoms with E-state index >= 15 is 0 Å². The Balaban J connectivity index is 1.90. The van der Waals surface area contributed by atoms with Crippen LogP contribution in [-0.4, -0.2) is 30.9 Å². The van der Waals surface area contributed by atoms with Crippen molar-refractivity contribution < 1.29 is 19.1 Å². The van der Waals surface area contributed by atoms with Crippen molar-refractivity contribution in [2.75, 3.05) is 18.5 Å². The molecule has 1 heterocycles. The first-order valence-corrected chi connectivity index (χ1v) is 10.2. The fourth-order valence-electron chi connectivity index (χ4n) is 2.54. The van der Waals surface area contributed by atoms with E-state index in [1.165, 1.54) is 11.3 Å². The Morgan fingerprint density at radius 1 is 1.07 bits per heavy atom. The van der Waals surface area contributed by atoms with Crippen molar-refractivity contribution in [1.29, 1.82) is 0 Å². The van der Waals surface area contributed by atoms with Crippen LogP contribution in [0.1, 0.15) is 65.8 Å². The van der Waals surface area contributed by atoms with Gasteiger partial charge in [0.1, 0.15) is 5.00 Å². The first kappa shape index (κ1) is 21.6. The number of thiophene rings is 1. The monoisotopic (exact) mass is 402 g/mol. The number of hydrogen-bond donors (Lipinski definition) is 2. The third-order valence-corrected chi connectivity index (χ3v) is 4.95.